The fourth-order valence-corrected chi connectivity index (χ4v) is 10.9. The van der Waals surface area contributed by atoms with Crippen LogP contribution in [0.25, 0.3) is 24.3 Å². The van der Waals surface area contributed by atoms with Gasteiger partial charge in [0.2, 0.25) is 18.9 Å². The third-order valence-electron chi connectivity index (χ3n) is 16.4. The number of fused-ring (bicyclic) bond motifs is 1. The molecule has 4 saturated heterocycles. The number of carbonyl (C=O) groups is 3. The highest BCUT2D eigenvalue weighted by Crippen LogP contribution is 2.48. The van der Waals surface area contributed by atoms with Crippen LogP contribution in [0.2, 0.25) is 0 Å². The molecule has 21 N–H and O–H groups in total. The van der Waals surface area contributed by atoms with Gasteiger partial charge in [-0.05, 0) is 89.5 Å². The second-order valence-electron chi connectivity index (χ2n) is 23.6. The van der Waals surface area contributed by atoms with Crippen LogP contribution in [-0.4, -0.2) is 274 Å². The van der Waals surface area contributed by atoms with Crippen LogP contribution in [0.15, 0.2) is 109 Å². The monoisotopic (exact) mass is 1420 g/mol. The molecule has 0 aromatic heterocycles. The minimum absolute atomic E-state index is 0.0285. The van der Waals surface area contributed by atoms with Crippen LogP contribution in [0, 0.1) is 0 Å². The standard InChI is InChI=1S/C66H70O35/c67-22-43-50(79)54(83)58(87)64(97-43)95-41-20-32(70)19-40-33(41)21-42(61(93-40)29-6-8-35(72)37(74)17-29)96-66-62(101-65-60(89)56(85)52(81)45(99-65)24-90-47(76)10-3-26-1-7-34(71)36(73)15-26)57(86)53(82)46(100-66)25-92-48(77)11-4-27-2-9-39(38(75)16-27)94-63-59(88)55(84)51(80)44(98-63)23-91-49(78)12-5-28-13-30(68)18-31(69)14-28/h1-21,43-46,50-75,79-89H,22-25H2/p+1/b10-3+,11-4+,12-5+/t43-,44+,45-,46-,50+,51+,52+,53+,54-,55-,56-,57-,58+,59+,60+,61?,62-,63+,64+,65-,66+/m0/s1. The number of ether oxygens (including phenoxy) is 12. The average Bonchev–Trinajstić information content (AvgIpc) is 0.763. The predicted octanol–water partition coefficient (Wildman–Crippen LogP) is -2.54. The largest absolute Gasteiger partial charge is 0.571 e. The van der Waals surface area contributed by atoms with Crippen molar-refractivity contribution < 1.29 is 173 Å². The average molecular weight is 1420 g/mol. The fourth-order valence-electron chi connectivity index (χ4n) is 10.9. The van der Waals surface area contributed by atoms with Crippen molar-refractivity contribution in [2.24, 2.45) is 0 Å². The zero-order valence-electron chi connectivity index (χ0n) is 52.2. The van der Waals surface area contributed by atoms with Gasteiger partial charge >= 0.3 is 17.9 Å². The Kier molecular flexibility index (Phi) is 23.4. The molecule has 5 aliphatic heterocycles. The Morgan fingerprint density at radius 3 is 1.39 bits per heavy atom. The number of phenolic OH excluding ortho intramolecular Hbond substituents is 8. The van der Waals surface area contributed by atoms with Gasteiger partial charge < -0.3 is 159 Å². The van der Waals surface area contributed by atoms with Gasteiger partial charge in [0.25, 0.3) is 11.9 Å². The summed E-state index contributed by atoms with van der Waals surface area (Å²) in [6.45, 7) is -3.32. The molecule has 101 heavy (non-hydrogen) atoms. The minimum Gasteiger partial charge on any atom is -0.571 e. The predicted molar refractivity (Wildman–Crippen MR) is 333 cm³/mol. The Hall–Kier alpha value is -9.61. The number of esters is 3. The number of phenols is 8. The van der Waals surface area contributed by atoms with Crippen molar-refractivity contribution in [2.75, 3.05) is 26.4 Å². The maximum atomic E-state index is 13.4. The highest BCUT2D eigenvalue weighted by atomic mass is 16.8. The number of aliphatic hydroxyl groups excluding tert-OH is 12. The van der Waals surface area contributed by atoms with Gasteiger partial charge in [-0.3, -0.25) is 0 Å². The molecule has 0 saturated carbocycles. The van der Waals surface area contributed by atoms with Crippen LogP contribution in [0.1, 0.15) is 33.9 Å². The molecule has 10 rings (SSSR count). The summed E-state index contributed by atoms with van der Waals surface area (Å²) in [5.41, 5.74) is 0.486. The molecule has 1 unspecified atom stereocenters. The number of benzene rings is 5. The Morgan fingerprint density at radius 1 is 0.406 bits per heavy atom. The summed E-state index contributed by atoms with van der Waals surface area (Å²) in [6, 6.07) is 16.2. The maximum absolute atomic E-state index is 13.4. The number of hydrogen-bond donors (Lipinski definition) is 20. The van der Waals surface area contributed by atoms with Gasteiger partial charge in [-0.25, -0.2) is 14.4 Å². The summed E-state index contributed by atoms with van der Waals surface area (Å²) in [5.74, 6) is -8.33. The molecule has 35 nitrogen and oxygen atoms in total. The first-order chi connectivity index (χ1) is 48.0. The summed E-state index contributed by atoms with van der Waals surface area (Å²) in [7, 11) is 0. The summed E-state index contributed by atoms with van der Waals surface area (Å²) >= 11 is 0. The lowest BCUT2D eigenvalue weighted by molar-refractivity contribution is -0.364. The van der Waals surface area contributed by atoms with E-state index in [1.54, 1.807) is 0 Å². The van der Waals surface area contributed by atoms with Crippen molar-refractivity contribution in [3.05, 3.63) is 137 Å². The van der Waals surface area contributed by atoms with Crippen LogP contribution in [-0.2, 0) is 57.0 Å². The second kappa shape index (κ2) is 31.9. The first-order valence-electron chi connectivity index (χ1n) is 30.6. The SMILES string of the molecule is O=C(/C=C/c1ccc(O)c(O)c1)OC[C@@H]1O[C@@H](O[C@@H]2[C@H](OC3=Cc4c(O[C@@H]5O[C@@H](CO)[C@@H](O)[C@H](O)[C@H]5O)cc(O)cc4[OH+]C3c3ccc(O)c(O)c3)O[C@@H](COC(=O)/C=C/c3ccc(O[C@@H]4O[C@H](COC(=O)/C=C/c5cc(O)cc(O)c5)[C@@H](O)[C@H](O)[C@H]4O)c(O)c3)[C@@H](O)[C@@H]2O)[C@H](O)[C@@H](O)[C@@H]1O. The Bertz CT molecular complexity index is 3870. The van der Waals surface area contributed by atoms with Crippen molar-refractivity contribution in [1.29, 1.82) is 0 Å². The minimum atomic E-state index is -2.26. The molecular formula is C66H71O35+. The molecule has 5 heterocycles. The molecule has 4 fully saturated rings. The number of aliphatic hydroxyl groups is 13. The Balaban J connectivity index is 0.876. The second-order valence-corrected chi connectivity index (χ2v) is 23.6. The topological polar surface area (TPSA) is 570 Å². The molecular weight excluding hydrogens is 1350 g/mol. The molecule has 5 aliphatic rings. The van der Waals surface area contributed by atoms with Crippen molar-refractivity contribution >= 4 is 42.2 Å². The van der Waals surface area contributed by atoms with E-state index in [9.17, 15) is 117 Å². The van der Waals surface area contributed by atoms with E-state index >= 15 is 0 Å². The third kappa shape index (κ3) is 17.4. The normalized spacial score (nSPS) is 31.2. The van der Waals surface area contributed by atoms with E-state index in [1.165, 1.54) is 48.6 Å². The van der Waals surface area contributed by atoms with Gasteiger partial charge in [-0.2, -0.15) is 0 Å². The lowest BCUT2D eigenvalue weighted by atomic mass is 9.97. The number of hydrogen-bond acceptors (Lipinski definition) is 34. The molecule has 0 aliphatic carbocycles. The molecule has 35 heteroatoms. The highest BCUT2D eigenvalue weighted by molar-refractivity contribution is 5.88. The third-order valence-corrected chi connectivity index (χ3v) is 16.4. The zero-order chi connectivity index (χ0) is 72.8. The van der Waals surface area contributed by atoms with Gasteiger partial charge in [-0.15, -0.1) is 0 Å². The molecule has 5 aromatic carbocycles. The lowest BCUT2D eigenvalue weighted by Crippen LogP contribution is -2.64. The number of carbonyl (C=O) groups excluding carboxylic acids is 3. The highest BCUT2D eigenvalue weighted by Gasteiger charge is 2.54. The first-order valence-corrected chi connectivity index (χ1v) is 30.6. The molecule has 0 bridgehead atoms. The van der Waals surface area contributed by atoms with E-state index in [1.807, 2.05) is 0 Å². The van der Waals surface area contributed by atoms with Crippen molar-refractivity contribution in [3.63, 3.8) is 0 Å². The number of rotatable bonds is 22. The van der Waals surface area contributed by atoms with Crippen LogP contribution in [0.3, 0.4) is 0 Å². The summed E-state index contributed by atoms with van der Waals surface area (Å²) in [6.07, 6.45) is -32.8. The number of aromatic hydroxyl groups is 9. The smallest absolute Gasteiger partial charge is 0.330 e. The van der Waals surface area contributed by atoms with E-state index in [-0.39, 0.29) is 62.3 Å². The molecule has 5 aromatic rings. The summed E-state index contributed by atoms with van der Waals surface area (Å²) in [4.78, 5) is 38.8. The van der Waals surface area contributed by atoms with Gasteiger partial charge in [0.15, 0.2) is 52.7 Å². The quantitative estimate of drug-likeness (QED) is 0.0112. The van der Waals surface area contributed by atoms with Crippen molar-refractivity contribution in [3.8, 4) is 63.2 Å². The van der Waals surface area contributed by atoms with Crippen molar-refractivity contribution in [2.45, 2.75) is 129 Å². The summed E-state index contributed by atoms with van der Waals surface area (Å²) < 4.78 is 67.7. The molecule has 0 radical (unpaired) electrons. The first kappa shape index (κ1) is 74.1. The zero-order valence-corrected chi connectivity index (χ0v) is 52.2. The molecule has 21 atom stereocenters. The van der Waals surface area contributed by atoms with Gasteiger partial charge in [0.1, 0.15) is 140 Å². The van der Waals surface area contributed by atoms with E-state index in [0.717, 1.165) is 78.9 Å². The van der Waals surface area contributed by atoms with Crippen LogP contribution < -0.4 is 9.47 Å². The Labute approximate surface area is 569 Å². The fraction of sp³-hybridized carbons (Fsp3) is 0.379. The van der Waals surface area contributed by atoms with Crippen LogP contribution >= 0.6 is 0 Å². The molecule has 0 amide bonds. The van der Waals surface area contributed by atoms with Gasteiger partial charge in [-0.1, -0.05) is 12.1 Å². The van der Waals surface area contributed by atoms with Gasteiger partial charge in [0.05, 0.1) is 18.2 Å². The van der Waals surface area contributed by atoms with E-state index in [2.05, 4.69) is 0 Å². The maximum Gasteiger partial charge on any atom is 0.330 e. The van der Waals surface area contributed by atoms with Gasteiger partial charge in [0, 0.05) is 36.4 Å². The van der Waals surface area contributed by atoms with E-state index in [0.29, 0.717) is 0 Å². The van der Waals surface area contributed by atoms with Crippen LogP contribution in [0.5, 0.6) is 63.2 Å². The Morgan fingerprint density at radius 2 is 0.851 bits per heavy atom. The van der Waals surface area contributed by atoms with Crippen molar-refractivity contribution in [1.82, 2.24) is 0 Å². The molecule has 0 spiro atoms. The molecule has 544 valence electrons. The lowest BCUT2D eigenvalue weighted by Gasteiger charge is -2.46. The summed E-state index contributed by atoms with van der Waals surface area (Å²) in [5, 5.41) is 213. The van der Waals surface area contributed by atoms with E-state index in [4.69, 9.17) is 56.8 Å². The van der Waals surface area contributed by atoms with Crippen LogP contribution in [0.4, 0.5) is 0 Å². The van der Waals surface area contributed by atoms with E-state index < -0.39 is 208 Å².